The molecule has 0 bridgehead atoms. The molecule has 0 saturated carbocycles. The van der Waals surface area contributed by atoms with Crippen LogP contribution in [0.3, 0.4) is 0 Å². The van der Waals surface area contributed by atoms with Crippen molar-refractivity contribution >= 4 is 40.5 Å². The number of aliphatic hydroxyl groups excluding tert-OH is 1. The maximum atomic E-state index is 12.8. The summed E-state index contributed by atoms with van der Waals surface area (Å²) in [5.74, 6) is -0.996. The fraction of sp³-hybridized carbons (Fsp3) is 0.389. The van der Waals surface area contributed by atoms with Crippen molar-refractivity contribution < 1.29 is 19.8 Å². The van der Waals surface area contributed by atoms with Gasteiger partial charge in [-0.1, -0.05) is 17.7 Å². The number of aliphatic hydroxyl groups is 1. The molecule has 9 heteroatoms. The lowest BCUT2D eigenvalue weighted by Gasteiger charge is -2.24. The fourth-order valence-corrected chi connectivity index (χ4v) is 4.41. The van der Waals surface area contributed by atoms with Crippen LogP contribution in [-0.2, 0) is 22.4 Å². The number of carbonyl (C=O) groups is 2. The molecule has 7 nitrogen and oxygen atoms in total. The van der Waals surface area contributed by atoms with Gasteiger partial charge < -0.3 is 20.8 Å². The molecule has 1 amide bonds. The first-order valence-electron chi connectivity index (χ1n) is 8.53. The van der Waals surface area contributed by atoms with E-state index in [1.807, 2.05) is 0 Å². The summed E-state index contributed by atoms with van der Waals surface area (Å²) in [5, 5.41) is 20.2. The van der Waals surface area contributed by atoms with E-state index in [9.17, 15) is 14.7 Å². The van der Waals surface area contributed by atoms with E-state index >= 15 is 0 Å². The van der Waals surface area contributed by atoms with E-state index in [0.717, 1.165) is 10.4 Å². The molecule has 0 spiro atoms. The number of nitrogens with zero attached hydrogens (tertiary/aromatic N) is 2. The van der Waals surface area contributed by atoms with E-state index < -0.39 is 18.1 Å². The van der Waals surface area contributed by atoms with Gasteiger partial charge in [0.1, 0.15) is 11.0 Å². The van der Waals surface area contributed by atoms with Gasteiger partial charge in [0.15, 0.2) is 0 Å². The number of carboxylic acids is 1. The minimum atomic E-state index is -0.871. The number of aliphatic carboxylic acids is 1. The molecule has 1 aliphatic rings. The Labute approximate surface area is 165 Å². The number of hydrogen-bond donors (Lipinski definition) is 3. The van der Waals surface area contributed by atoms with Gasteiger partial charge in [-0.15, -0.1) is 11.3 Å². The van der Waals surface area contributed by atoms with Crippen molar-refractivity contribution in [3.8, 4) is 0 Å². The molecule has 2 aromatic rings. The van der Waals surface area contributed by atoms with Gasteiger partial charge in [-0.25, -0.2) is 4.98 Å². The zero-order valence-corrected chi connectivity index (χ0v) is 16.0. The van der Waals surface area contributed by atoms with E-state index in [1.165, 1.54) is 11.3 Å². The number of nitrogens with two attached hydrogens (primary N) is 1. The van der Waals surface area contributed by atoms with Crippen LogP contribution < -0.4 is 5.73 Å². The van der Waals surface area contributed by atoms with E-state index in [2.05, 4.69) is 4.98 Å². The molecule has 1 aromatic heterocycles. The molecule has 4 N–H and O–H groups in total. The summed E-state index contributed by atoms with van der Waals surface area (Å²) in [4.78, 5) is 30.3. The Morgan fingerprint density at radius 3 is 2.89 bits per heavy atom. The predicted molar refractivity (Wildman–Crippen MR) is 103 cm³/mol. The highest BCUT2D eigenvalue weighted by molar-refractivity contribution is 7.11. The van der Waals surface area contributed by atoms with Crippen LogP contribution in [0.1, 0.15) is 34.3 Å². The van der Waals surface area contributed by atoms with Crippen LogP contribution in [0.2, 0.25) is 5.02 Å². The summed E-state index contributed by atoms with van der Waals surface area (Å²) >= 11 is 7.36. The molecule has 1 fully saturated rings. The highest BCUT2D eigenvalue weighted by atomic mass is 35.5. The van der Waals surface area contributed by atoms with Gasteiger partial charge in [0, 0.05) is 17.6 Å². The summed E-state index contributed by atoms with van der Waals surface area (Å²) in [6.07, 6.45) is 1.96. The lowest BCUT2D eigenvalue weighted by atomic mass is 10.1. The largest absolute Gasteiger partial charge is 0.481 e. The number of thiazole rings is 1. The van der Waals surface area contributed by atoms with Crippen molar-refractivity contribution in [1.82, 2.24) is 9.88 Å². The lowest BCUT2D eigenvalue weighted by Crippen LogP contribution is -2.34. The Kier molecular flexibility index (Phi) is 5.98. The smallest absolute Gasteiger partial charge is 0.303 e. The Bertz CT molecular complexity index is 857. The van der Waals surface area contributed by atoms with E-state index in [0.29, 0.717) is 35.1 Å². The van der Waals surface area contributed by atoms with Crippen LogP contribution >= 0.6 is 22.9 Å². The van der Waals surface area contributed by atoms with Gasteiger partial charge >= 0.3 is 5.97 Å². The molecule has 3 rings (SSSR count). The minimum Gasteiger partial charge on any atom is -0.481 e. The highest BCUT2D eigenvalue weighted by Crippen LogP contribution is 2.35. The molecule has 1 aromatic carbocycles. The van der Waals surface area contributed by atoms with Crippen LogP contribution in [-0.4, -0.2) is 44.6 Å². The molecule has 0 radical (unpaired) electrons. The SMILES string of the molecule is Nc1ccc(CC(=O)N2CC[C@H](O)[C@H]2c2ncc(CCC(=O)O)s2)cc1Cl. The van der Waals surface area contributed by atoms with Crippen molar-refractivity contribution in [3.05, 3.63) is 44.9 Å². The molecule has 2 atom stereocenters. The molecule has 144 valence electrons. The van der Waals surface area contributed by atoms with E-state index in [-0.39, 0.29) is 18.7 Å². The number of halogens is 1. The summed E-state index contributed by atoms with van der Waals surface area (Å²) in [6.45, 7) is 0.442. The first-order chi connectivity index (χ1) is 12.8. The third-order valence-electron chi connectivity index (χ3n) is 4.52. The summed E-state index contributed by atoms with van der Waals surface area (Å²) in [5.41, 5.74) is 6.91. The number of carboxylic acid groups (broad SMARTS) is 1. The third-order valence-corrected chi connectivity index (χ3v) is 5.97. The number of nitrogen functional groups attached to an aromatic ring is 1. The third kappa shape index (κ3) is 4.58. The summed E-state index contributed by atoms with van der Waals surface area (Å²) in [7, 11) is 0. The number of rotatable bonds is 6. The zero-order valence-electron chi connectivity index (χ0n) is 14.5. The number of aryl methyl sites for hydroxylation is 1. The minimum absolute atomic E-state index is 0.0232. The molecule has 27 heavy (non-hydrogen) atoms. The monoisotopic (exact) mass is 409 g/mol. The van der Waals surface area contributed by atoms with Crippen molar-refractivity contribution in [3.63, 3.8) is 0 Å². The van der Waals surface area contributed by atoms with Gasteiger partial charge in [-0.2, -0.15) is 0 Å². The number of likely N-dealkylation sites (tertiary alicyclic amines) is 1. The number of carbonyl (C=O) groups excluding carboxylic acids is 1. The van der Waals surface area contributed by atoms with Crippen LogP contribution in [0.15, 0.2) is 24.4 Å². The first kappa shape index (κ1) is 19.6. The van der Waals surface area contributed by atoms with Crippen molar-refractivity contribution in [2.45, 2.75) is 37.8 Å². The second-order valence-corrected chi connectivity index (χ2v) is 8.03. The van der Waals surface area contributed by atoms with Crippen molar-refractivity contribution in [2.24, 2.45) is 0 Å². The Morgan fingerprint density at radius 1 is 1.41 bits per heavy atom. The highest BCUT2D eigenvalue weighted by Gasteiger charge is 2.38. The van der Waals surface area contributed by atoms with Crippen molar-refractivity contribution in [2.75, 3.05) is 12.3 Å². The van der Waals surface area contributed by atoms with E-state index in [4.69, 9.17) is 22.4 Å². The van der Waals surface area contributed by atoms with Crippen LogP contribution in [0.4, 0.5) is 5.69 Å². The molecule has 0 aliphatic carbocycles. The number of hydrogen-bond acceptors (Lipinski definition) is 6. The Balaban J connectivity index is 1.73. The topological polar surface area (TPSA) is 117 Å². The average Bonchev–Trinajstić information content (AvgIpc) is 3.22. The second kappa shape index (κ2) is 8.24. The normalized spacial score (nSPS) is 19.4. The molecule has 1 saturated heterocycles. The number of aromatic nitrogens is 1. The van der Waals surface area contributed by atoms with Crippen LogP contribution in [0.5, 0.6) is 0 Å². The predicted octanol–water partition coefficient (Wildman–Crippen LogP) is 2.27. The fourth-order valence-electron chi connectivity index (χ4n) is 3.12. The standard InChI is InChI=1S/C18H20ClN3O4S/c19-12-7-10(1-3-13(12)20)8-15(24)22-6-5-14(23)17(22)18-21-9-11(27-18)2-4-16(25)26/h1,3,7,9,14,17,23H,2,4-6,8,20H2,(H,25,26)/t14-,17-/m0/s1. The molecule has 0 unspecified atom stereocenters. The lowest BCUT2D eigenvalue weighted by molar-refractivity contribution is -0.137. The quantitative estimate of drug-likeness (QED) is 0.630. The number of amides is 1. The van der Waals surface area contributed by atoms with Gasteiger partial charge in [0.2, 0.25) is 5.91 Å². The Hall–Kier alpha value is -2.16. The summed E-state index contributed by atoms with van der Waals surface area (Å²) < 4.78 is 0. The first-order valence-corrected chi connectivity index (χ1v) is 9.72. The van der Waals surface area contributed by atoms with E-state index in [1.54, 1.807) is 29.3 Å². The van der Waals surface area contributed by atoms with Gasteiger partial charge in [0.25, 0.3) is 0 Å². The molecule has 2 heterocycles. The average molecular weight is 410 g/mol. The van der Waals surface area contributed by atoms with Gasteiger partial charge in [-0.3, -0.25) is 9.59 Å². The maximum Gasteiger partial charge on any atom is 0.303 e. The summed E-state index contributed by atoms with van der Waals surface area (Å²) in [6, 6.07) is 4.58. The van der Waals surface area contributed by atoms with Crippen LogP contribution in [0, 0.1) is 0 Å². The molecular weight excluding hydrogens is 390 g/mol. The number of benzene rings is 1. The van der Waals surface area contributed by atoms with Gasteiger partial charge in [0.05, 0.1) is 29.7 Å². The van der Waals surface area contributed by atoms with Crippen LogP contribution in [0.25, 0.3) is 0 Å². The molecular formula is C18H20ClN3O4S. The zero-order chi connectivity index (χ0) is 19.6. The maximum absolute atomic E-state index is 12.8. The van der Waals surface area contributed by atoms with Gasteiger partial charge in [-0.05, 0) is 30.5 Å². The molecule has 1 aliphatic heterocycles. The Morgan fingerprint density at radius 2 is 2.19 bits per heavy atom. The van der Waals surface area contributed by atoms with Crippen molar-refractivity contribution in [1.29, 1.82) is 0 Å². The number of anilines is 1. The second-order valence-electron chi connectivity index (χ2n) is 6.48.